The minimum Gasteiger partial charge on any atom is -0.494 e. The lowest BCUT2D eigenvalue weighted by molar-refractivity contribution is -0.117. The third-order valence-electron chi connectivity index (χ3n) is 5.44. The topological polar surface area (TPSA) is 80.6 Å². The van der Waals surface area contributed by atoms with Crippen LogP contribution in [0.5, 0.6) is 5.75 Å². The van der Waals surface area contributed by atoms with Gasteiger partial charge in [-0.3, -0.25) is 9.59 Å². The number of furan rings is 1. The number of rotatable bonds is 7. The Morgan fingerprint density at radius 2 is 1.77 bits per heavy atom. The van der Waals surface area contributed by atoms with Gasteiger partial charge in [0.1, 0.15) is 17.0 Å². The van der Waals surface area contributed by atoms with Crippen LogP contribution in [0.2, 0.25) is 0 Å². The van der Waals surface area contributed by atoms with Gasteiger partial charge in [-0.05, 0) is 62.1 Å². The highest BCUT2D eigenvalue weighted by Crippen LogP contribution is 2.33. The molecule has 156 valence electrons. The lowest BCUT2D eigenvalue weighted by atomic mass is 10.0. The molecule has 0 unspecified atom stereocenters. The highest BCUT2D eigenvalue weighted by atomic mass is 16.5. The van der Waals surface area contributed by atoms with Gasteiger partial charge in [0, 0.05) is 17.5 Å². The highest BCUT2D eigenvalue weighted by Gasteiger charge is 2.24. The van der Waals surface area contributed by atoms with E-state index in [1.54, 1.807) is 30.3 Å². The van der Waals surface area contributed by atoms with Gasteiger partial charge in [0.2, 0.25) is 11.7 Å². The van der Waals surface area contributed by atoms with Gasteiger partial charge in [0.25, 0.3) is 5.91 Å². The Morgan fingerprint density at radius 3 is 2.50 bits per heavy atom. The molecule has 0 radical (unpaired) electrons. The number of nitrogens with one attached hydrogen (secondary N) is 2. The Kier molecular flexibility index (Phi) is 6.02. The summed E-state index contributed by atoms with van der Waals surface area (Å²) in [6, 6.07) is 14.5. The predicted octanol–water partition coefficient (Wildman–Crippen LogP) is 5.60. The van der Waals surface area contributed by atoms with Crippen molar-refractivity contribution < 1.29 is 18.7 Å². The summed E-state index contributed by atoms with van der Waals surface area (Å²) in [5.41, 5.74) is 1.61. The third kappa shape index (κ3) is 4.48. The van der Waals surface area contributed by atoms with Crippen LogP contribution in [0.1, 0.15) is 49.6 Å². The number of benzene rings is 2. The van der Waals surface area contributed by atoms with E-state index in [9.17, 15) is 9.59 Å². The summed E-state index contributed by atoms with van der Waals surface area (Å²) in [5.74, 6) is 0.767. The molecule has 2 amide bonds. The van der Waals surface area contributed by atoms with E-state index in [2.05, 4.69) is 10.6 Å². The minimum absolute atomic E-state index is 0.0800. The van der Waals surface area contributed by atoms with E-state index in [4.69, 9.17) is 9.15 Å². The van der Waals surface area contributed by atoms with E-state index in [0.717, 1.165) is 18.6 Å². The molecule has 0 atom stereocenters. The number of carbonyl (C=O) groups is 2. The molecule has 1 fully saturated rings. The maximum Gasteiger partial charge on any atom is 0.293 e. The second-order valence-electron chi connectivity index (χ2n) is 7.62. The molecule has 0 saturated heterocycles. The Hall–Kier alpha value is -3.28. The number of carbonyl (C=O) groups excluding carboxylic acids is 2. The number of ether oxygens (including phenoxy) is 1. The molecule has 1 heterocycles. The smallest absolute Gasteiger partial charge is 0.293 e. The van der Waals surface area contributed by atoms with Crippen molar-refractivity contribution in [3.8, 4) is 5.75 Å². The zero-order valence-electron chi connectivity index (χ0n) is 17.1. The van der Waals surface area contributed by atoms with Crippen LogP contribution in [0.3, 0.4) is 0 Å². The first-order chi connectivity index (χ1) is 14.6. The zero-order valence-corrected chi connectivity index (χ0v) is 17.1. The Morgan fingerprint density at radius 1 is 1.03 bits per heavy atom. The van der Waals surface area contributed by atoms with Gasteiger partial charge in [-0.2, -0.15) is 0 Å². The largest absolute Gasteiger partial charge is 0.494 e. The summed E-state index contributed by atoms with van der Waals surface area (Å²) in [4.78, 5) is 25.6. The lowest BCUT2D eigenvalue weighted by Crippen LogP contribution is -2.18. The summed E-state index contributed by atoms with van der Waals surface area (Å²) in [6.45, 7) is 2.49. The molecular weight excluding hydrogens is 380 g/mol. The molecule has 0 spiro atoms. The van der Waals surface area contributed by atoms with Crippen molar-refractivity contribution in [2.75, 3.05) is 17.2 Å². The van der Waals surface area contributed by atoms with Gasteiger partial charge in [-0.1, -0.05) is 25.0 Å². The molecule has 0 bridgehead atoms. The van der Waals surface area contributed by atoms with E-state index in [-0.39, 0.29) is 11.7 Å². The number of para-hydroxylation sites is 1. The van der Waals surface area contributed by atoms with E-state index in [1.807, 2.05) is 25.1 Å². The quantitative estimate of drug-likeness (QED) is 0.535. The molecule has 30 heavy (non-hydrogen) atoms. The molecule has 3 aromatic rings. The maximum absolute atomic E-state index is 13.0. The number of amides is 2. The summed E-state index contributed by atoms with van der Waals surface area (Å²) < 4.78 is 11.2. The average Bonchev–Trinajstić information content (AvgIpc) is 3.38. The second-order valence-corrected chi connectivity index (χ2v) is 7.62. The van der Waals surface area contributed by atoms with Crippen molar-refractivity contribution in [1.29, 1.82) is 0 Å². The summed E-state index contributed by atoms with van der Waals surface area (Å²) >= 11 is 0. The van der Waals surface area contributed by atoms with Crippen LogP contribution in [0.25, 0.3) is 11.0 Å². The van der Waals surface area contributed by atoms with Crippen LogP contribution in [-0.2, 0) is 4.79 Å². The Labute approximate surface area is 175 Å². The maximum atomic E-state index is 13.0. The molecule has 1 aliphatic rings. The van der Waals surface area contributed by atoms with Gasteiger partial charge in [0.05, 0.1) is 6.61 Å². The predicted molar refractivity (Wildman–Crippen MR) is 117 cm³/mol. The summed E-state index contributed by atoms with van der Waals surface area (Å²) in [7, 11) is 0. The normalized spacial score (nSPS) is 14.0. The fourth-order valence-corrected chi connectivity index (χ4v) is 3.99. The van der Waals surface area contributed by atoms with E-state index in [1.165, 1.54) is 12.8 Å². The number of anilines is 2. The van der Waals surface area contributed by atoms with Crippen molar-refractivity contribution in [3.05, 3.63) is 54.3 Å². The fourth-order valence-electron chi connectivity index (χ4n) is 3.99. The standard InChI is InChI=1S/C24H26N2O4/c1-2-29-18-13-11-17(12-14-18)25-24(28)23-22(19-9-5-6-10-20(19)30-23)26-21(27)15-16-7-3-4-8-16/h5-6,9-14,16H,2-4,7-8,15H2,1H3,(H,25,28)(H,26,27). The first-order valence-corrected chi connectivity index (χ1v) is 10.5. The molecule has 1 aliphatic carbocycles. The molecule has 2 aromatic carbocycles. The van der Waals surface area contributed by atoms with Gasteiger partial charge in [0.15, 0.2) is 0 Å². The van der Waals surface area contributed by atoms with Crippen LogP contribution < -0.4 is 15.4 Å². The van der Waals surface area contributed by atoms with E-state index >= 15 is 0 Å². The first kappa shape index (κ1) is 20.0. The van der Waals surface area contributed by atoms with Crippen LogP contribution in [0.4, 0.5) is 11.4 Å². The van der Waals surface area contributed by atoms with E-state index in [0.29, 0.717) is 41.3 Å². The average molecular weight is 406 g/mol. The molecule has 0 aliphatic heterocycles. The zero-order chi connectivity index (χ0) is 20.9. The first-order valence-electron chi connectivity index (χ1n) is 10.5. The van der Waals surface area contributed by atoms with Gasteiger partial charge < -0.3 is 19.8 Å². The van der Waals surface area contributed by atoms with Crippen molar-refractivity contribution in [3.63, 3.8) is 0 Å². The van der Waals surface area contributed by atoms with Crippen LogP contribution in [-0.4, -0.2) is 18.4 Å². The van der Waals surface area contributed by atoms with Crippen molar-refractivity contribution in [1.82, 2.24) is 0 Å². The SMILES string of the molecule is CCOc1ccc(NC(=O)c2oc3ccccc3c2NC(=O)CC2CCCC2)cc1. The monoisotopic (exact) mass is 406 g/mol. The van der Waals surface area contributed by atoms with Crippen LogP contribution >= 0.6 is 0 Å². The highest BCUT2D eigenvalue weighted by molar-refractivity contribution is 6.14. The lowest BCUT2D eigenvalue weighted by Gasteiger charge is -2.10. The van der Waals surface area contributed by atoms with Crippen molar-refractivity contribution in [2.45, 2.75) is 39.0 Å². The van der Waals surface area contributed by atoms with Crippen molar-refractivity contribution >= 4 is 34.2 Å². The Bertz CT molecular complexity index is 1030. The fraction of sp³-hybridized carbons (Fsp3) is 0.333. The number of fused-ring (bicyclic) bond motifs is 1. The second kappa shape index (κ2) is 9.03. The van der Waals surface area contributed by atoms with Gasteiger partial charge >= 0.3 is 0 Å². The molecule has 2 N–H and O–H groups in total. The third-order valence-corrected chi connectivity index (χ3v) is 5.44. The molecule has 1 aromatic heterocycles. The van der Waals surface area contributed by atoms with Gasteiger partial charge in [-0.15, -0.1) is 0 Å². The van der Waals surface area contributed by atoms with E-state index < -0.39 is 5.91 Å². The Balaban J connectivity index is 1.55. The molecule has 1 saturated carbocycles. The number of hydrogen-bond acceptors (Lipinski definition) is 4. The van der Waals surface area contributed by atoms with Crippen LogP contribution in [0.15, 0.2) is 52.9 Å². The molecule has 6 heteroatoms. The molecule has 4 rings (SSSR count). The summed E-state index contributed by atoms with van der Waals surface area (Å²) in [6.07, 6.45) is 5.01. The molecule has 6 nitrogen and oxygen atoms in total. The van der Waals surface area contributed by atoms with Crippen molar-refractivity contribution in [2.24, 2.45) is 5.92 Å². The molecular formula is C24H26N2O4. The van der Waals surface area contributed by atoms with Gasteiger partial charge in [-0.25, -0.2) is 0 Å². The summed E-state index contributed by atoms with van der Waals surface area (Å²) in [5, 5.41) is 6.49. The van der Waals surface area contributed by atoms with Crippen LogP contribution in [0, 0.1) is 5.92 Å². The number of hydrogen-bond donors (Lipinski definition) is 2. The minimum atomic E-state index is -0.411.